The van der Waals surface area contributed by atoms with Crippen LogP contribution in [0.2, 0.25) is 0 Å². The predicted octanol–water partition coefficient (Wildman–Crippen LogP) is 3.29. The number of hydrogen-bond donors (Lipinski definition) is 0. The molecule has 1 fully saturated rings. The molecule has 0 spiro atoms. The Hall–Kier alpha value is -2.91. The molecule has 5 rings (SSSR count). The van der Waals surface area contributed by atoms with Crippen LogP contribution in [-0.4, -0.2) is 38.6 Å². The number of pyridine rings is 1. The first-order chi connectivity index (χ1) is 13.8. The highest BCUT2D eigenvalue weighted by atomic mass is 16.5. The summed E-state index contributed by atoms with van der Waals surface area (Å²) in [6.07, 6.45) is 6.64. The van der Waals surface area contributed by atoms with Crippen molar-refractivity contribution in [3.05, 3.63) is 53.5 Å². The standard InChI is InChI=1S/C22H23N5O/c23-13-17-5-7-22(24-14-17)28-15-16-4-6-19-20(12-16)27-11-10-26(18-2-1-3-18)9-8-21(27)25-19/h4-7,12,14,18H,1-3,8-11,15H2. The second kappa shape index (κ2) is 7.25. The van der Waals surface area contributed by atoms with Crippen LogP contribution in [0.5, 0.6) is 5.88 Å². The Labute approximate surface area is 164 Å². The Morgan fingerprint density at radius 1 is 1.14 bits per heavy atom. The number of rotatable bonds is 4. The van der Waals surface area contributed by atoms with E-state index in [0.29, 0.717) is 18.1 Å². The van der Waals surface area contributed by atoms with E-state index in [2.05, 4.69) is 38.7 Å². The maximum absolute atomic E-state index is 8.86. The molecule has 28 heavy (non-hydrogen) atoms. The van der Waals surface area contributed by atoms with Gasteiger partial charge in [0.15, 0.2) is 0 Å². The zero-order chi connectivity index (χ0) is 18.9. The molecule has 2 aliphatic rings. The lowest BCUT2D eigenvalue weighted by molar-refractivity contribution is 0.130. The van der Waals surface area contributed by atoms with E-state index in [4.69, 9.17) is 15.0 Å². The number of aromatic nitrogens is 3. The summed E-state index contributed by atoms with van der Waals surface area (Å²) in [6, 6.07) is 12.7. The van der Waals surface area contributed by atoms with Gasteiger partial charge in [-0.05, 0) is 36.6 Å². The first-order valence-corrected chi connectivity index (χ1v) is 10.0. The molecule has 0 saturated heterocycles. The van der Waals surface area contributed by atoms with Crippen LogP contribution >= 0.6 is 0 Å². The van der Waals surface area contributed by atoms with Crippen LogP contribution in [0, 0.1) is 11.3 Å². The minimum Gasteiger partial charge on any atom is -0.473 e. The number of hydrogen-bond acceptors (Lipinski definition) is 5. The van der Waals surface area contributed by atoms with Gasteiger partial charge in [-0.1, -0.05) is 12.5 Å². The molecule has 0 bridgehead atoms. The van der Waals surface area contributed by atoms with Crippen molar-refractivity contribution < 1.29 is 4.74 Å². The van der Waals surface area contributed by atoms with E-state index < -0.39 is 0 Å². The highest BCUT2D eigenvalue weighted by Crippen LogP contribution is 2.27. The molecule has 6 heteroatoms. The fourth-order valence-electron chi connectivity index (χ4n) is 4.14. The van der Waals surface area contributed by atoms with Crippen LogP contribution in [-0.2, 0) is 19.6 Å². The van der Waals surface area contributed by atoms with E-state index in [1.165, 1.54) is 36.8 Å². The Morgan fingerprint density at radius 3 is 2.82 bits per heavy atom. The summed E-state index contributed by atoms with van der Waals surface area (Å²) >= 11 is 0. The van der Waals surface area contributed by atoms with E-state index in [0.717, 1.165) is 43.2 Å². The summed E-state index contributed by atoms with van der Waals surface area (Å²) in [7, 11) is 0. The van der Waals surface area contributed by atoms with E-state index in [9.17, 15) is 0 Å². The number of ether oxygens (including phenoxy) is 1. The zero-order valence-corrected chi connectivity index (χ0v) is 15.8. The van der Waals surface area contributed by atoms with Gasteiger partial charge in [-0.2, -0.15) is 5.26 Å². The summed E-state index contributed by atoms with van der Waals surface area (Å²) in [4.78, 5) is 11.7. The molecule has 0 atom stereocenters. The van der Waals surface area contributed by atoms with Gasteiger partial charge in [-0.3, -0.25) is 4.90 Å². The van der Waals surface area contributed by atoms with Crippen molar-refractivity contribution in [3.63, 3.8) is 0 Å². The lowest BCUT2D eigenvalue weighted by Gasteiger charge is -2.36. The van der Waals surface area contributed by atoms with Gasteiger partial charge in [0, 0.05) is 44.4 Å². The first-order valence-electron chi connectivity index (χ1n) is 10.0. The Morgan fingerprint density at radius 2 is 2.07 bits per heavy atom. The molecule has 1 saturated carbocycles. The van der Waals surface area contributed by atoms with Crippen LogP contribution in [0.15, 0.2) is 36.5 Å². The number of nitrogens with zero attached hydrogens (tertiary/aromatic N) is 5. The quantitative estimate of drug-likeness (QED) is 0.702. The van der Waals surface area contributed by atoms with Gasteiger partial charge in [0.05, 0.1) is 16.6 Å². The third kappa shape index (κ3) is 3.23. The van der Waals surface area contributed by atoms with E-state index >= 15 is 0 Å². The zero-order valence-electron chi connectivity index (χ0n) is 15.8. The molecular weight excluding hydrogens is 350 g/mol. The second-order valence-corrected chi connectivity index (χ2v) is 7.66. The number of imidazole rings is 1. The van der Waals surface area contributed by atoms with Crippen LogP contribution in [0.3, 0.4) is 0 Å². The molecule has 1 aromatic carbocycles. The van der Waals surface area contributed by atoms with Gasteiger partial charge in [0.1, 0.15) is 18.5 Å². The molecule has 0 amide bonds. The molecule has 1 aliphatic heterocycles. The van der Waals surface area contributed by atoms with Crippen molar-refractivity contribution in [3.8, 4) is 11.9 Å². The van der Waals surface area contributed by atoms with Crippen molar-refractivity contribution in [2.45, 2.75) is 44.9 Å². The lowest BCUT2D eigenvalue weighted by atomic mass is 9.91. The third-order valence-electron chi connectivity index (χ3n) is 5.97. The minimum atomic E-state index is 0.448. The monoisotopic (exact) mass is 373 g/mol. The first kappa shape index (κ1) is 17.2. The van der Waals surface area contributed by atoms with E-state index in [-0.39, 0.29) is 0 Å². The molecule has 0 N–H and O–H groups in total. The molecular formula is C22H23N5O. The summed E-state index contributed by atoms with van der Waals surface area (Å²) in [5.74, 6) is 1.73. The molecule has 3 aromatic rings. The van der Waals surface area contributed by atoms with Crippen LogP contribution in [0.4, 0.5) is 0 Å². The third-order valence-corrected chi connectivity index (χ3v) is 5.97. The van der Waals surface area contributed by atoms with Gasteiger partial charge in [-0.25, -0.2) is 9.97 Å². The maximum atomic E-state index is 8.86. The Kier molecular flexibility index (Phi) is 4.46. The highest BCUT2D eigenvalue weighted by molar-refractivity contribution is 5.77. The largest absolute Gasteiger partial charge is 0.473 e. The summed E-state index contributed by atoms with van der Waals surface area (Å²) < 4.78 is 8.18. The van der Waals surface area contributed by atoms with Crippen molar-refractivity contribution in [2.24, 2.45) is 0 Å². The number of nitriles is 1. The van der Waals surface area contributed by atoms with Crippen molar-refractivity contribution in [1.29, 1.82) is 5.26 Å². The normalized spacial score (nSPS) is 17.5. The van der Waals surface area contributed by atoms with Gasteiger partial charge in [0.2, 0.25) is 5.88 Å². The van der Waals surface area contributed by atoms with Gasteiger partial charge >= 0.3 is 0 Å². The SMILES string of the molecule is N#Cc1ccc(OCc2ccc3nc4n(c3c2)CCN(C2CCC2)CC4)nc1. The van der Waals surface area contributed by atoms with Gasteiger partial charge < -0.3 is 9.30 Å². The van der Waals surface area contributed by atoms with E-state index in [1.54, 1.807) is 12.1 Å². The van der Waals surface area contributed by atoms with Crippen molar-refractivity contribution in [1.82, 2.24) is 19.4 Å². The smallest absolute Gasteiger partial charge is 0.213 e. The minimum absolute atomic E-state index is 0.448. The summed E-state index contributed by atoms with van der Waals surface area (Å²) in [5.41, 5.74) is 3.89. The average Bonchev–Trinajstić information content (AvgIpc) is 2.91. The van der Waals surface area contributed by atoms with Crippen LogP contribution in [0.25, 0.3) is 11.0 Å². The molecule has 6 nitrogen and oxygen atoms in total. The van der Waals surface area contributed by atoms with Crippen LogP contribution in [0.1, 0.15) is 36.2 Å². The van der Waals surface area contributed by atoms with Gasteiger partial charge in [-0.15, -0.1) is 0 Å². The summed E-state index contributed by atoms with van der Waals surface area (Å²) in [5, 5.41) is 8.86. The fraction of sp³-hybridized carbons (Fsp3) is 0.409. The predicted molar refractivity (Wildman–Crippen MR) is 106 cm³/mol. The lowest BCUT2D eigenvalue weighted by Crippen LogP contribution is -2.41. The molecule has 2 aromatic heterocycles. The van der Waals surface area contributed by atoms with Gasteiger partial charge in [0.25, 0.3) is 0 Å². The number of fused-ring (bicyclic) bond motifs is 3. The number of benzene rings is 1. The fourth-order valence-corrected chi connectivity index (χ4v) is 4.14. The summed E-state index contributed by atoms with van der Waals surface area (Å²) in [6.45, 7) is 3.68. The van der Waals surface area contributed by atoms with Crippen LogP contribution < -0.4 is 4.74 Å². The van der Waals surface area contributed by atoms with Crippen molar-refractivity contribution >= 4 is 11.0 Å². The molecule has 0 unspecified atom stereocenters. The molecule has 0 radical (unpaired) electrons. The molecule has 142 valence electrons. The van der Waals surface area contributed by atoms with Crippen molar-refractivity contribution in [2.75, 3.05) is 13.1 Å². The maximum Gasteiger partial charge on any atom is 0.213 e. The Bertz CT molecular complexity index is 1030. The Balaban J connectivity index is 1.33. The topological polar surface area (TPSA) is 67.0 Å². The second-order valence-electron chi connectivity index (χ2n) is 7.66. The highest BCUT2D eigenvalue weighted by Gasteiger charge is 2.27. The molecule has 1 aliphatic carbocycles. The molecule has 3 heterocycles. The van der Waals surface area contributed by atoms with E-state index in [1.807, 2.05) is 0 Å². The average molecular weight is 373 g/mol.